The second kappa shape index (κ2) is 4.58. The highest BCUT2D eigenvalue weighted by molar-refractivity contribution is 7.89. The quantitative estimate of drug-likeness (QED) is 0.913. The van der Waals surface area contributed by atoms with Gasteiger partial charge in [0.05, 0.1) is 6.54 Å². The number of rotatable bonds is 4. The van der Waals surface area contributed by atoms with Crippen molar-refractivity contribution in [2.75, 3.05) is 0 Å². The van der Waals surface area contributed by atoms with Crippen LogP contribution in [0, 0.1) is 20.8 Å². The molecule has 2 aromatic heterocycles. The number of hydrogen-bond donors (Lipinski definition) is 1. The van der Waals surface area contributed by atoms with Gasteiger partial charge in [-0.05, 0) is 32.9 Å². The van der Waals surface area contributed by atoms with Gasteiger partial charge in [0.25, 0.3) is 0 Å². The van der Waals surface area contributed by atoms with Crippen molar-refractivity contribution in [2.24, 2.45) is 0 Å². The van der Waals surface area contributed by atoms with Gasteiger partial charge in [-0.25, -0.2) is 13.1 Å². The summed E-state index contributed by atoms with van der Waals surface area (Å²) in [5.74, 6) is 1.57. The fraction of sp³-hybridized carbons (Fsp3) is 0.364. The summed E-state index contributed by atoms with van der Waals surface area (Å²) in [7, 11) is -3.63. The van der Waals surface area contributed by atoms with Crippen molar-refractivity contribution >= 4 is 10.0 Å². The van der Waals surface area contributed by atoms with Gasteiger partial charge < -0.3 is 8.94 Å². The molecular formula is C11H14N2O4S. The minimum Gasteiger partial charge on any atom is -0.465 e. The number of furan rings is 1. The molecule has 0 fully saturated rings. The van der Waals surface area contributed by atoms with Gasteiger partial charge in [-0.3, -0.25) is 0 Å². The zero-order valence-electron chi connectivity index (χ0n) is 10.4. The molecule has 0 aliphatic carbocycles. The minimum atomic E-state index is -3.63. The lowest BCUT2D eigenvalue weighted by Gasteiger charge is -2.04. The standard InChI is InChI=1S/C11H14N2O4S/c1-7-4-5-10(16-7)6-12-18(14,15)11-8(2)13-17-9(11)3/h4-5,12H,6H2,1-3H3. The average Bonchev–Trinajstić information content (AvgIpc) is 2.83. The molecule has 0 saturated carbocycles. The Morgan fingerprint density at radius 3 is 2.50 bits per heavy atom. The van der Waals surface area contributed by atoms with E-state index >= 15 is 0 Å². The zero-order chi connectivity index (χ0) is 13.3. The normalized spacial score (nSPS) is 11.9. The number of sulfonamides is 1. The summed E-state index contributed by atoms with van der Waals surface area (Å²) in [5, 5.41) is 3.62. The molecule has 0 aliphatic heterocycles. The molecule has 0 atom stereocenters. The van der Waals surface area contributed by atoms with Crippen molar-refractivity contribution in [1.29, 1.82) is 0 Å². The molecule has 0 amide bonds. The maximum Gasteiger partial charge on any atom is 0.246 e. The molecule has 0 unspecified atom stereocenters. The third-order valence-electron chi connectivity index (χ3n) is 2.47. The third kappa shape index (κ3) is 2.46. The molecule has 2 heterocycles. The van der Waals surface area contributed by atoms with E-state index in [1.807, 2.05) is 0 Å². The molecule has 6 nitrogen and oxygen atoms in total. The van der Waals surface area contributed by atoms with Gasteiger partial charge >= 0.3 is 0 Å². The Morgan fingerprint density at radius 1 is 1.28 bits per heavy atom. The molecule has 0 bridgehead atoms. The van der Waals surface area contributed by atoms with E-state index in [2.05, 4.69) is 9.88 Å². The molecule has 98 valence electrons. The highest BCUT2D eigenvalue weighted by Crippen LogP contribution is 2.19. The van der Waals surface area contributed by atoms with E-state index in [1.54, 1.807) is 32.9 Å². The molecular weight excluding hydrogens is 256 g/mol. The van der Waals surface area contributed by atoms with Gasteiger partial charge in [0.2, 0.25) is 10.0 Å². The molecule has 2 aromatic rings. The lowest BCUT2D eigenvalue weighted by molar-refractivity contribution is 0.390. The van der Waals surface area contributed by atoms with Crippen molar-refractivity contribution in [2.45, 2.75) is 32.2 Å². The van der Waals surface area contributed by atoms with Gasteiger partial charge in [0.1, 0.15) is 22.1 Å². The molecule has 0 spiro atoms. The first kappa shape index (κ1) is 12.8. The first-order valence-electron chi connectivity index (χ1n) is 5.38. The zero-order valence-corrected chi connectivity index (χ0v) is 11.2. The predicted octanol–water partition coefficient (Wildman–Crippen LogP) is 1.67. The third-order valence-corrected chi connectivity index (χ3v) is 4.11. The summed E-state index contributed by atoms with van der Waals surface area (Å²) in [4.78, 5) is 0.0887. The fourth-order valence-electron chi connectivity index (χ4n) is 1.68. The van der Waals surface area contributed by atoms with E-state index in [4.69, 9.17) is 8.94 Å². The maximum absolute atomic E-state index is 12.1. The van der Waals surface area contributed by atoms with Crippen molar-refractivity contribution < 1.29 is 17.4 Å². The van der Waals surface area contributed by atoms with E-state index in [0.29, 0.717) is 11.5 Å². The molecule has 0 radical (unpaired) electrons. The van der Waals surface area contributed by atoms with Crippen LogP contribution < -0.4 is 4.72 Å². The Morgan fingerprint density at radius 2 is 2.00 bits per heavy atom. The fourth-order valence-corrected chi connectivity index (χ4v) is 3.00. The van der Waals surface area contributed by atoms with Crippen LogP contribution in [0.4, 0.5) is 0 Å². The molecule has 1 N–H and O–H groups in total. The van der Waals surface area contributed by atoms with Crippen LogP contribution in [0.15, 0.2) is 26.0 Å². The summed E-state index contributed by atoms with van der Waals surface area (Å²) >= 11 is 0. The van der Waals surface area contributed by atoms with E-state index in [1.165, 1.54) is 0 Å². The average molecular weight is 270 g/mol. The molecule has 0 aliphatic rings. The summed E-state index contributed by atoms with van der Waals surface area (Å²) in [5.41, 5.74) is 0.343. The monoisotopic (exact) mass is 270 g/mol. The van der Waals surface area contributed by atoms with E-state index < -0.39 is 10.0 Å². The topological polar surface area (TPSA) is 85.3 Å². The second-order valence-electron chi connectivity index (χ2n) is 3.99. The first-order chi connectivity index (χ1) is 8.40. The van der Waals surface area contributed by atoms with Gasteiger partial charge in [-0.15, -0.1) is 0 Å². The van der Waals surface area contributed by atoms with Gasteiger partial charge in [-0.2, -0.15) is 0 Å². The van der Waals surface area contributed by atoms with Gasteiger partial charge in [-0.1, -0.05) is 5.16 Å². The lowest BCUT2D eigenvalue weighted by atomic mass is 10.4. The minimum absolute atomic E-state index is 0.0887. The van der Waals surface area contributed by atoms with E-state index in [9.17, 15) is 8.42 Å². The first-order valence-corrected chi connectivity index (χ1v) is 6.86. The van der Waals surface area contributed by atoms with Crippen LogP contribution in [-0.4, -0.2) is 13.6 Å². The number of hydrogen-bond acceptors (Lipinski definition) is 5. The van der Waals surface area contributed by atoms with Crippen molar-refractivity contribution in [1.82, 2.24) is 9.88 Å². The summed E-state index contributed by atoms with van der Waals surface area (Å²) in [6.45, 7) is 5.04. The van der Waals surface area contributed by atoms with Crippen LogP contribution in [0.25, 0.3) is 0 Å². The number of nitrogens with one attached hydrogen (secondary N) is 1. The van der Waals surface area contributed by atoms with Gasteiger partial charge in [0.15, 0.2) is 5.76 Å². The number of aryl methyl sites for hydroxylation is 3. The Labute approximate surface area is 105 Å². The van der Waals surface area contributed by atoms with Crippen LogP contribution in [0.3, 0.4) is 0 Å². The van der Waals surface area contributed by atoms with Crippen LogP contribution in [0.2, 0.25) is 0 Å². The van der Waals surface area contributed by atoms with E-state index in [-0.39, 0.29) is 17.2 Å². The largest absolute Gasteiger partial charge is 0.465 e. The molecule has 0 saturated heterocycles. The summed E-state index contributed by atoms with van der Waals surface area (Å²) < 4.78 is 36.7. The summed E-state index contributed by atoms with van der Waals surface area (Å²) in [6, 6.07) is 3.50. The van der Waals surface area contributed by atoms with Crippen LogP contribution in [0.5, 0.6) is 0 Å². The highest BCUT2D eigenvalue weighted by atomic mass is 32.2. The van der Waals surface area contributed by atoms with Crippen molar-refractivity contribution in [3.63, 3.8) is 0 Å². The second-order valence-corrected chi connectivity index (χ2v) is 5.69. The SMILES string of the molecule is Cc1ccc(CNS(=O)(=O)c2c(C)noc2C)o1. The molecule has 7 heteroatoms. The Bertz CT molecular complexity index is 635. The maximum atomic E-state index is 12.1. The number of aromatic nitrogens is 1. The molecule has 18 heavy (non-hydrogen) atoms. The Hall–Kier alpha value is -1.60. The van der Waals surface area contributed by atoms with Crippen molar-refractivity contribution in [3.05, 3.63) is 35.1 Å². The van der Waals surface area contributed by atoms with Crippen LogP contribution in [-0.2, 0) is 16.6 Å². The smallest absolute Gasteiger partial charge is 0.246 e. The van der Waals surface area contributed by atoms with Crippen LogP contribution in [0.1, 0.15) is 23.0 Å². The van der Waals surface area contributed by atoms with Crippen LogP contribution >= 0.6 is 0 Å². The number of nitrogens with zero attached hydrogens (tertiary/aromatic N) is 1. The predicted molar refractivity (Wildman–Crippen MR) is 63.4 cm³/mol. The van der Waals surface area contributed by atoms with Gasteiger partial charge in [0, 0.05) is 0 Å². The highest BCUT2D eigenvalue weighted by Gasteiger charge is 2.24. The Kier molecular flexibility index (Phi) is 3.27. The summed E-state index contributed by atoms with van der Waals surface area (Å²) in [6.07, 6.45) is 0. The molecule has 2 rings (SSSR count). The molecule has 0 aromatic carbocycles. The lowest BCUT2D eigenvalue weighted by Crippen LogP contribution is -2.24. The Balaban J connectivity index is 2.18. The van der Waals surface area contributed by atoms with E-state index in [0.717, 1.165) is 5.76 Å². The van der Waals surface area contributed by atoms with Crippen molar-refractivity contribution in [3.8, 4) is 0 Å².